The van der Waals surface area contributed by atoms with Gasteiger partial charge in [0.15, 0.2) is 0 Å². The number of aromatic nitrogens is 2. The number of hydrogen-bond donors (Lipinski definition) is 1. The molecule has 1 N–H and O–H groups in total. The zero-order chi connectivity index (χ0) is 15.5. The van der Waals surface area contributed by atoms with Gasteiger partial charge in [0.1, 0.15) is 16.6 Å². The van der Waals surface area contributed by atoms with Crippen LogP contribution in [0.25, 0.3) is 5.00 Å². The van der Waals surface area contributed by atoms with Crippen molar-refractivity contribution in [2.75, 3.05) is 5.32 Å². The van der Waals surface area contributed by atoms with Crippen molar-refractivity contribution in [3.8, 4) is 5.00 Å². The Morgan fingerprint density at radius 3 is 2.86 bits per heavy atom. The van der Waals surface area contributed by atoms with E-state index in [1.165, 1.54) is 6.07 Å². The molecule has 2 aromatic heterocycles. The van der Waals surface area contributed by atoms with Crippen LogP contribution >= 0.6 is 11.3 Å². The maximum absolute atomic E-state index is 13.3. The van der Waals surface area contributed by atoms with E-state index in [1.807, 2.05) is 26.1 Å². The first-order valence-corrected chi connectivity index (χ1v) is 8.15. The van der Waals surface area contributed by atoms with E-state index in [0.29, 0.717) is 6.54 Å². The van der Waals surface area contributed by atoms with Crippen molar-refractivity contribution in [2.45, 2.75) is 26.8 Å². The molecule has 0 bridgehead atoms. The van der Waals surface area contributed by atoms with Crippen molar-refractivity contribution < 1.29 is 4.39 Å². The third-order valence-electron chi connectivity index (χ3n) is 3.68. The lowest BCUT2D eigenvalue weighted by atomic mass is 10.1. The molecular weight excluding hydrogens is 297 g/mol. The quantitative estimate of drug-likeness (QED) is 0.748. The van der Waals surface area contributed by atoms with Crippen LogP contribution in [0.5, 0.6) is 0 Å². The zero-order valence-electron chi connectivity index (χ0n) is 12.6. The Bertz CT molecular complexity index is 776. The number of nitrogens with zero attached hydrogens (tertiary/aromatic N) is 2. The molecule has 0 spiro atoms. The summed E-state index contributed by atoms with van der Waals surface area (Å²) in [6.07, 6.45) is 4.59. The summed E-state index contributed by atoms with van der Waals surface area (Å²) in [5.74, 6) is 0.800. The molecule has 2 heterocycles. The van der Waals surface area contributed by atoms with Gasteiger partial charge in [-0.25, -0.2) is 9.37 Å². The van der Waals surface area contributed by atoms with Crippen molar-refractivity contribution >= 4 is 17.0 Å². The standard InChI is InChI=1S/C17H18FN3S/c1-3-13-8-15(18)5-4-14(13)10-20-16-9-17(22-11-16)21-7-6-19-12(21)2/h4-9,11,20H,3,10H2,1-2H3. The van der Waals surface area contributed by atoms with Crippen LogP contribution < -0.4 is 5.32 Å². The number of anilines is 1. The van der Waals surface area contributed by atoms with Crippen molar-refractivity contribution in [1.82, 2.24) is 9.55 Å². The maximum Gasteiger partial charge on any atom is 0.123 e. The van der Waals surface area contributed by atoms with Gasteiger partial charge in [-0.3, -0.25) is 4.57 Å². The summed E-state index contributed by atoms with van der Waals surface area (Å²) in [6.45, 7) is 4.73. The van der Waals surface area contributed by atoms with Crippen LogP contribution in [0, 0.1) is 12.7 Å². The number of halogens is 1. The Morgan fingerprint density at radius 1 is 1.27 bits per heavy atom. The average molecular weight is 315 g/mol. The number of imidazole rings is 1. The molecule has 114 valence electrons. The molecule has 0 aliphatic heterocycles. The van der Waals surface area contributed by atoms with Crippen LogP contribution in [-0.2, 0) is 13.0 Å². The average Bonchev–Trinajstić information content (AvgIpc) is 3.14. The summed E-state index contributed by atoms with van der Waals surface area (Å²) in [7, 11) is 0. The van der Waals surface area contributed by atoms with Crippen LogP contribution in [0.1, 0.15) is 23.9 Å². The summed E-state index contributed by atoms with van der Waals surface area (Å²) in [4.78, 5) is 4.24. The van der Waals surface area contributed by atoms with E-state index in [9.17, 15) is 4.39 Å². The first kappa shape index (κ1) is 14.8. The highest BCUT2D eigenvalue weighted by Gasteiger charge is 2.06. The zero-order valence-corrected chi connectivity index (χ0v) is 13.5. The molecule has 0 aliphatic rings. The lowest BCUT2D eigenvalue weighted by Gasteiger charge is -2.09. The molecular formula is C17H18FN3S. The number of hydrogen-bond acceptors (Lipinski definition) is 3. The van der Waals surface area contributed by atoms with Gasteiger partial charge in [0.05, 0.1) is 0 Å². The summed E-state index contributed by atoms with van der Waals surface area (Å²) in [6, 6.07) is 7.10. The largest absolute Gasteiger partial charge is 0.380 e. The minimum Gasteiger partial charge on any atom is -0.380 e. The molecule has 0 radical (unpaired) electrons. The summed E-state index contributed by atoms with van der Waals surface area (Å²) < 4.78 is 15.3. The predicted octanol–water partition coefficient (Wildman–Crippen LogP) is 4.56. The van der Waals surface area contributed by atoms with Gasteiger partial charge in [-0.15, -0.1) is 11.3 Å². The van der Waals surface area contributed by atoms with Gasteiger partial charge in [0.2, 0.25) is 0 Å². The highest BCUT2D eigenvalue weighted by atomic mass is 32.1. The molecule has 0 aliphatic carbocycles. The molecule has 3 nitrogen and oxygen atoms in total. The minimum absolute atomic E-state index is 0.172. The highest BCUT2D eigenvalue weighted by molar-refractivity contribution is 7.13. The smallest absolute Gasteiger partial charge is 0.123 e. The number of rotatable bonds is 5. The van der Waals surface area contributed by atoms with Crippen LogP contribution in [0.3, 0.4) is 0 Å². The van der Waals surface area contributed by atoms with Gasteiger partial charge in [-0.2, -0.15) is 0 Å². The molecule has 22 heavy (non-hydrogen) atoms. The normalized spacial score (nSPS) is 10.9. The molecule has 0 amide bonds. The Balaban J connectivity index is 1.73. The van der Waals surface area contributed by atoms with Crippen LogP contribution in [0.4, 0.5) is 10.1 Å². The summed E-state index contributed by atoms with van der Waals surface area (Å²) in [5, 5.41) is 6.63. The Hall–Kier alpha value is -2.14. The Morgan fingerprint density at radius 2 is 2.14 bits per heavy atom. The number of aryl methyl sites for hydroxylation is 2. The SMILES string of the molecule is CCc1cc(F)ccc1CNc1csc(-n2ccnc2C)c1. The fourth-order valence-corrected chi connectivity index (χ4v) is 3.35. The Kier molecular flexibility index (Phi) is 4.24. The van der Waals surface area contributed by atoms with Crippen LogP contribution in [0.15, 0.2) is 42.0 Å². The van der Waals surface area contributed by atoms with E-state index in [1.54, 1.807) is 23.6 Å². The minimum atomic E-state index is -0.172. The Labute approximate surface area is 133 Å². The lowest BCUT2D eigenvalue weighted by molar-refractivity contribution is 0.624. The van der Waals surface area contributed by atoms with E-state index in [2.05, 4.69) is 26.3 Å². The van der Waals surface area contributed by atoms with Gasteiger partial charge in [0, 0.05) is 30.0 Å². The van der Waals surface area contributed by atoms with Gasteiger partial charge in [-0.05, 0) is 42.7 Å². The second-order valence-corrected chi connectivity index (χ2v) is 6.03. The van der Waals surface area contributed by atoms with Gasteiger partial charge >= 0.3 is 0 Å². The first-order chi connectivity index (χ1) is 10.7. The van der Waals surface area contributed by atoms with E-state index < -0.39 is 0 Å². The number of nitrogens with one attached hydrogen (secondary N) is 1. The first-order valence-electron chi connectivity index (χ1n) is 7.27. The molecule has 0 atom stereocenters. The maximum atomic E-state index is 13.3. The fraction of sp³-hybridized carbons (Fsp3) is 0.235. The van der Waals surface area contributed by atoms with Crippen molar-refractivity contribution in [2.24, 2.45) is 0 Å². The predicted molar refractivity (Wildman–Crippen MR) is 89.3 cm³/mol. The highest BCUT2D eigenvalue weighted by Crippen LogP contribution is 2.25. The monoisotopic (exact) mass is 315 g/mol. The molecule has 1 aromatic carbocycles. The molecule has 3 rings (SSSR count). The molecule has 0 saturated heterocycles. The second kappa shape index (κ2) is 6.32. The third-order valence-corrected chi connectivity index (χ3v) is 4.61. The summed E-state index contributed by atoms with van der Waals surface area (Å²) >= 11 is 1.67. The van der Waals surface area contributed by atoms with Crippen molar-refractivity contribution in [1.29, 1.82) is 0 Å². The van der Waals surface area contributed by atoms with Crippen molar-refractivity contribution in [3.63, 3.8) is 0 Å². The van der Waals surface area contributed by atoms with Gasteiger partial charge in [-0.1, -0.05) is 13.0 Å². The molecule has 5 heteroatoms. The molecule has 0 saturated carbocycles. The van der Waals surface area contributed by atoms with E-state index >= 15 is 0 Å². The molecule has 0 unspecified atom stereocenters. The second-order valence-electron chi connectivity index (χ2n) is 5.14. The van der Waals surface area contributed by atoms with Crippen LogP contribution in [0.2, 0.25) is 0 Å². The van der Waals surface area contributed by atoms with Crippen molar-refractivity contribution in [3.05, 3.63) is 64.8 Å². The van der Waals surface area contributed by atoms with E-state index in [4.69, 9.17) is 0 Å². The topological polar surface area (TPSA) is 29.9 Å². The molecule has 0 fully saturated rings. The van der Waals surface area contributed by atoms with E-state index in [0.717, 1.165) is 34.1 Å². The van der Waals surface area contributed by atoms with E-state index in [-0.39, 0.29) is 5.82 Å². The molecule has 3 aromatic rings. The number of benzene rings is 1. The summed E-state index contributed by atoms with van der Waals surface area (Å²) in [5.41, 5.74) is 3.25. The fourth-order valence-electron chi connectivity index (χ4n) is 2.45. The lowest BCUT2D eigenvalue weighted by Crippen LogP contribution is -2.02. The van der Waals surface area contributed by atoms with Crippen LogP contribution in [-0.4, -0.2) is 9.55 Å². The van der Waals surface area contributed by atoms with Gasteiger partial charge in [0.25, 0.3) is 0 Å². The number of thiophene rings is 1. The third kappa shape index (κ3) is 3.04. The van der Waals surface area contributed by atoms with Gasteiger partial charge < -0.3 is 5.32 Å².